The van der Waals surface area contributed by atoms with Gasteiger partial charge in [0, 0.05) is 12.6 Å². The van der Waals surface area contributed by atoms with E-state index in [1.54, 1.807) is 0 Å². The molecule has 0 heterocycles. The van der Waals surface area contributed by atoms with Gasteiger partial charge in [0.2, 0.25) is 0 Å². The van der Waals surface area contributed by atoms with Gasteiger partial charge in [0.25, 0.3) is 0 Å². The zero-order valence-electron chi connectivity index (χ0n) is 7.98. The molecule has 0 aliphatic heterocycles. The average molecular weight is 239 g/mol. The molecule has 0 saturated heterocycles. The molecule has 0 saturated carbocycles. The largest absolute Gasteiger partial charge is 0.394 e. The Morgan fingerprint density at radius 1 is 1.12 bits per heavy atom. The molecule has 1 aromatic rings. The topological polar surface area (TPSA) is 52.5 Å². The van der Waals surface area contributed by atoms with Crippen molar-refractivity contribution >= 4 is 5.69 Å². The summed E-state index contributed by atoms with van der Waals surface area (Å²) in [6.07, 6.45) is -1.29. The van der Waals surface area contributed by atoms with Gasteiger partial charge in [-0.2, -0.15) is 0 Å². The molecule has 3 N–H and O–H groups in total. The van der Waals surface area contributed by atoms with Gasteiger partial charge >= 0.3 is 0 Å². The molecule has 0 bridgehead atoms. The monoisotopic (exact) mass is 239 g/mol. The number of hydrogen-bond acceptors (Lipinski definition) is 3. The predicted octanol–water partition coefficient (Wildman–Crippen LogP) is 1.01. The van der Waals surface area contributed by atoms with Crippen LogP contribution in [0.1, 0.15) is 0 Å². The SMILES string of the molecule is OC[C@@H](O)CNc1c(F)c(F)cc(F)c1F. The van der Waals surface area contributed by atoms with E-state index in [0.717, 1.165) is 0 Å². The molecule has 0 radical (unpaired) electrons. The number of rotatable bonds is 4. The smallest absolute Gasteiger partial charge is 0.185 e. The molecule has 0 aromatic heterocycles. The molecule has 3 nitrogen and oxygen atoms in total. The maximum atomic E-state index is 13.0. The van der Waals surface area contributed by atoms with Gasteiger partial charge in [-0.1, -0.05) is 0 Å². The Balaban J connectivity index is 2.94. The molecule has 0 amide bonds. The summed E-state index contributed by atoms with van der Waals surface area (Å²) in [7, 11) is 0. The zero-order chi connectivity index (χ0) is 12.3. The molecule has 7 heteroatoms. The Morgan fingerprint density at radius 2 is 1.62 bits per heavy atom. The van der Waals surface area contributed by atoms with Crippen LogP contribution in [0.3, 0.4) is 0 Å². The predicted molar refractivity (Wildman–Crippen MR) is 47.9 cm³/mol. The van der Waals surface area contributed by atoms with E-state index in [2.05, 4.69) is 0 Å². The van der Waals surface area contributed by atoms with Crippen molar-refractivity contribution in [2.45, 2.75) is 6.10 Å². The third-order valence-corrected chi connectivity index (χ3v) is 1.84. The van der Waals surface area contributed by atoms with Crippen molar-refractivity contribution in [3.05, 3.63) is 29.3 Å². The Hall–Kier alpha value is -1.34. The minimum Gasteiger partial charge on any atom is -0.394 e. The van der Waals surface area contributed by atoms with E-state index in [0.29, 0.717) is 0 Å². The number of aliphatic hydroxyl groups excluding tert-OH is 2. The molecule has 0 fully saturated rings. The molecule has 0 spiro atoms. The molecule has 1 aromatic carbocycles. The highest BCUT2D eigenvalue weighted by Gasteiger charge is 2.19. The summed E-state index contributed by atoms with van der Waals surface area (Å²) < 4.78 is 51.4. The van der Waals surface area contributed by atoms with E-state index in [9.17, 15) is 17.6 Å². The van der Waals surface area contributed by atoms with E-state index < -0.39 is 48.2 Å². The maximum Gasteiger partial charge on any atom is 0.185 e. The summed E-state index contributed by atoms with van der Waals surface area (Å²) in [5.74, 6) is -6.24. The molecule has 90 valence electrons. The highest BCUT2D eigenvalue weighted by molar-refractivity contribution is 5.47. The number of hydrogen-bond donors (Lipinski definition) is 3. The van der Waals surface area contributed by atoms with Crippen LogP contribution in [0.25, 0.3) is 0 Å². The lowest BCUT2D eigenvalue weighted by atomic mass is 10.2. The quantitative estimate of drug-likeness (QED) is 0.543. The third kappa shape index (κ3) is 2.61. The Labute approximate surface area is 88.3 Å². The second kappa shape index (κ2) is 5.13. The van der Waals surface area contributed by atoms with Gasteiger partial charge in [0.05, 0.1) is 12.7 Å². The first-order valence-electron chi connectivity index (χ1n) is 4.33. The van der Waals surface area contributed by atoms with Gasteiger partial charge in [-0.15, -0.1) is 0 Å². The Morgan fingerprint density at radius 3 is 2.06 bits per heavy atom. The van der Waals surface area contributed by atoms with Gasteiger partial charge in [0.1, 0.15) is 5.69 Å². The van der Waals surface area contributed by atoms with Crippen molar-refractivity contribution < 1.29 is 27.8 Å². The lowest BCUT2D eigenvalue weighted by molar-refractivity contribution is 0.105. The van der Waals surface area contributed by atoms with Crippen LogP contribution in [-0.2, 0) is 0 Å². The fourth-order valence-corrected chi connectivity index (χ4v) is 1.01. The average Bonchev–Trinajstić information content (AvgIpc) is 2.26. The van der Waals surface area contributed by atoms with Gasteiger partial charge < -0.3 is 15.5 Å². The summed E-state index contributed by atoms with van der Waals surface area (Å²) in [5, 5.41) is 19.3. The lowest BCUT2D eigenvalue weighted by Gasteiger charge is -2.12. The standard InChI is InChI=1S/C9H9F4NO2/c10-5-1-6(11)8(13)9(7(5)12)14-2-4(16)3-15/h1,4,14-16H,2-3H2/t4-/m0/s1. The second-order valence-corrected chi connectivity index (χ2v) is 3.06. The van der Waals surface area contributed by atoms with E-state index in [-0.39, 0.29) is 6.07 Å². The van der Waals surface area contributed by atoms with Crippen molar-refractivity contribution in [1.29, 1.82) is 0 Å². The van der Waals surface area contributed by atoms with Gasteiger partial charge in [-0.05, 0) is 0 Å². The third-order valence-electron chi connectivity index (χ3n) is 1.84. The molecule has 1 atom stereocenters. The van der Waals surface area contributed by atoms with Crippen LogP contribution in [0.5, 0.6) is 0 Å². The minimum absolute atomic E-state index is 0.0817. The highest BCUT2D eigenvalue weighted by atomic mass is 19.2. The van der Waals surface area contributed by atoms with Gasteiger partial charge in [0.15, 0.2) is 23.3 Å². The summed E-state index contributed by atoms with van der Waals surface area (Å²) in [5.41, 5.74) is -1.01. The number of aliphatic hydroxyl groups is 2. The van der Waals surface area contributed by atoms with Crippen LogP contribution in [-0.4, -0.2) is 29.5 Å². The Bertz CT molecular complexity index is 360. The number of halogens is 4. The molecule has 0 aliphatic rings. The van der Waals surface area contributed by atoms with Crippen molar-refractivity contribution in [2.75, 3.05) is 18.5 Å². The normalized spacial score (nSPS) is 12.6. The molecular weight excluding hydrogens is 230 g/mol. The van der Waals surface area contributed by atoms with Crippen molar-refractivity contribution in [3.8, 4) is 0 Å². The van der Waals surface area contributed by atoms with E-state index >= 15 is 0 Å². The summed E-state index contributed by atoms with van der Waals surface area (Å²) in [6.45, 7) is -1.08. The van der Waals surface area contributed by atoms with E-state index in [1.807, 2.05) is 5.32 Å². The van der Waals surface area contributed by atoms with Crippen LogP contribution in [0.4, 0.5) is 23.2 Å². The number of anilines is 1. The molecular formula is C9H9F4NO2. The van der Waals surface area contributed by atoms with Crippen LogP contribution in [0, 0.1) is 23.3 Å². The van der Waals surface area contributed by atoms with Crippen molar-refractivity contribution in [3.63, 3.8) is 0 Å². The second-order valence-electron chi connectivity index (χ2n) is 3.06. The highest BCUT2D eigenvalue weighted by Crippen LogP contribution is 2.23. The number of nitrogens with one attached hydrogen (secondary N) is 1. The first-order chi connectivity index (χ1) is 7.47. The fraction of sp³-hybridized carbons (Fsp3) is 0.333. The zero-order valence-corrected chi connectivity index (χ0v) is 7.98. The summed E-state index contributed by atoms with van der Waals surface area (Å²) in [4.78, 5) is 0. The molecule has 0 aliphatic carbocycles. The summed E-state index contributed by atoms with van der Waals surface area (Å²) in [6, 6.07) is 0.0817. The lowest BCUT2D eigenvalue weighted by Crippen LogP contribution is -2.24. The fourth-order valence-electron chi connectivity index (χ4n) is 1.01. The van der Waals surface area contributed by atoms with Crippen LogP contribution in [0.2, 0.25) is 0 Å². The Kier molecular flexibility index (Phi) is 4.08. The van der Waals surface area contributed by atoms with Crippen LogP contribution in [0.15, 0.2) is 6.07 Å². The van der Waals surface area contributed by atoms with Crippen molar-refractivity contribution in [2.24, 2.45) is 0 Å². The molecule has 0 unspecified atom stereocenters. The van der Waals surface area contributed by atoms with E-state index in [4.69, 9.17) is 10.2 Å². The van der Waals surface area contributed by atoms with Crippen LogP contribution < -0.4 is 5.32 Å². The van der Waals surface area contributed by atoms with Crippen molar-refractivity contribution in [1.82, 2.24) is 0 Å². The first-order valence-corrected chi connectivity index (χ1v) is 4.33. The minimum atomic E-state index is -1.58. The molecule has 16 heavy (non-hydrogen) atoms. The number of benzene rings is 1. The first kappa shape index (κ1) is 12.7. The van der Waals surface area contributed by atoms with E-state index in [1.165, 1.54) is 0 Å². The van der Waals surface area contributed by atoms with Gasteiger partial charge in [-0.25, -0.2) is 17.6 Å². The van der Waals surface area contributed by atoms with Crippen LogP contribution >= 0.6 is 0 Å². The van der Waals surface area contributed by atoms with Gasteiger partial charge in [-0.3, -0.25) is 0 Å². The maximum absolute atomic E-state index is 13.0. The summed E-state index contributed by atoms with van der Waals surface area (Å²) >= 11 is 0. The molecule has 1 rings (SSSR count).